The third kappa shape index (κ3) is 9.31. The lowest BCUT2D eigenvalue weighted by Gasteiger charge is -2.41. The molecule has 25 N–H and O–H groups in total. The molecule has 4 fully saturated rings. The fourth-order valence-corrected chi connectivity index (χ4v) is 6.31. The van der Waals surface area contributed by atoms with E-state index in [1.54, 1.807) is 0 Å². The molecule has 1 heterocycles. The molecule has 5 aliphatic rings. The van der Waals surface area contributed by atoms with E-state index in [0.717, 1.165) is 0 Å². The molecule has 22 nitrogen and oxygen atoms in total. The van der Waals surface area contributed by atoms with Gasteiger partial charge in [0.05, 0.1) is 62.4 Å². The van der Waals surface area contributed by atoms with Crippen molar-refractivity contribution in [2.24, 2.45) is 34.8 Å². The summed E-state index contributed by atoms with van der Waals surface area (Å²) in [6.07, 6.45) is -15.2. The summed E-state index contributed by atoms with van der Waals surface area (Å²) in [5.74, 6) is -1.34. The maximum atomic E-state index is 9.48. The van der Waals surface area contributed by atoms with Gasteiger partial charge in [0.2, 0.25) is 0 Å². The fourth-order valence-electron chi connectivity index (χ4n) is 6.31. The fraction of sp³-hybridized carbons (Fsp3) is 0.929. The van der Waals surface area contributed by atoms with Crippen LogP contribution in [0.15, 0.2) is 11.6 Å². The highest BCUT2D eigenvalue weighted by atomic mass is 16.6. The monoisotopic (exact) mass is 736 g/mol. The van der Waals surface area contributed by atoms with Crippen molar-refractivity contribution < 1.29 is 91.5 Å². The van der Waals surface area contributed by atoms with Gasteiger partial charge in [-0.25, -0.2) is 0 Å². The minimum atomic E-state index is -1.42. The number of fused-ring (bicyclic) bond motifs is 1. The molecule has 4 aliphatic carbocycles. The number of rotatable bonds is 4. The van der Waals surface area contributed by atoms with E-state index in [9.17, 15) is 61.3 Å². The molecular weight excluding hydrogens is 680 g/mol. The van der Waals surface area contributed by atoms with Crippen molar-refractivity contribution in [1.82, 2.24) is 0 Å². The second-order valence-corrected chi connectivity index (χ2v) is 13.3. The summed E-state index contributed by atoms with van der Waals surface area (Å²) >= 11 is 0. The first-order valence-corrected chi connectivity index (χ1v) is 15.9. The number of nitrogens with two attached hydrogens (primary N) is 4. The van der Waals surface area contributed by atoms with E-state index in [4.69, 9.17) is 53.2 Å². The Morgan fingerprint density at radius 1 is 0.580 bits per heavy atom. The Morgan fingerprint density at radius 3 is 1.62 bits per heavy atom. The minimum absolute atomic E-state index is 0.224. The van der Waals surface area contributed by atoms with Gasteiger partial charge < -0.3 is 114 Å². The number of aliphatic hydroxyl groups is 17. The molecule has 1 aliphatic heterocycles. The Hall–Kier alpha value is -1.14. The molecule has 0 radical (unpaired) electrons. The van der Waals surface area contributed by atoms with Crippen molar-refractivity contribution in [3.63, 3.8) is 0 Å². The van der Waals surface area contributed by atoms with Crippen molar-refractivity contribution in [2.75, 3.05) is 26.4 Å². The van der Waals surface area contributed by atoms with E-state index < -0.39 is 140 Å². The first-order valence-electron chi connectivity index (χ1n) is 15.9. The van der Waals surface area contributed by atoms with Crippen LogP contribution in [0, 0.1) is 11.8 Å². The topological polar surface area (TPSA) is 461 Å². The number of hydrogen-bond donors (Lipinski definition) is 21. The average Bonchev–Trinajstić information content (AvgIpc) is 3.87. The molecule has 0 unspecified atom stereocenters. The zero-order chi connectivity index (χ0) is 38.6. The molecule has 1 saturated heterocycles. The van der Waals surface area contributed by atoms with Crippen LogP contribution in [-0.2, 0) is 4.74 Å². The van der Waals surface area contributed by atoms with Gasteiger partial charge in [-0.3, -0.25) is 0 Å². The van der Waals surface area contributed by atoms with E-state index >= 15 is 0 Å². The first-order chi connectivity index (χ1) is 23.2. The molecule has 0 bridgehead atoms. The molecule has 296 valence electrons. The van der Waals surface area contributed by atoms with Crippen LogP contribution < -0.4 is 22.9 Å². The van der Waals surface area contributed by atoms with E-state index in [0.29, 0.717) is 6.42 Å². The number of ether oxygens (including phenoxy) is 1. The summed E-state index contributed by atoms with van der Waals surface area (Å²) in [4.78, 5) is 0. The maximum Gasteiger partial charge on any atom is 0.148 e. The largest absolute Gasteiger partial charge is 0.396 e. The molecule has 3 saturated carbocycles. The molecular formula is C28H56N4O18. The number of epoxide rings is 1. The van der Waals surface area contributed by atoms with Gasteiger partial charge >= 0.3 is 0 Å². The Bertz CT molecular complexity index is 1040. The lowest BCUT2D eigenvalue weighted by Crippen LogP contribution is -2.64. The van der Waals surface area contributed by atoms with E-state index in [1.807, 2.05) is 0 Å². The normalized spacial score (nSPS) is 51.3. The summed E-state index contributed by atoms with van der Waals surface area (Å²) < 4.78 is 5.03. The van der Waals surface area contributed by atoms with Crippen LogP contribution in [-0.4, -0.2) is 228 Å². The molecule has 0 aromatic carbocycles. The van der Waals surface area contributed by atoms with E-state index in [2.05, 4.69) is 0 Å². The van der Waals surface area contributed by atoms with Crippen LogP contribution in [0.2, 0.25) is 0 Å². The van der Waals surface area contributed by atoms with Gasteiger partial charge in [-0.1, -0.05) is 6.08 Å². The number of aliphatic hydroxyl groups excluding tert-OH is 17. The standard InChI is InChI=1S/C7H13NO5.C7H15NO5.C7H15NO4.C7H13NO4/c8-2-3(10)4(11)5(12)7(1-9)6(2)13-7;8-3-4(10)2(1-9)5(11)7(13)6(3)12;2*8-4-1-3(2-9)5(10)7(12)6(4)11/h2-6,9-12H,1,8H2;2-7,9-13H,1,8H2;3-7,9-12H,1-2,8H2;1,4-7,9-12H,2,8H2/t2-,3+,4-,5+,6-,7+;2-,3-,4-,5+,6-,7-;3-,4+,5-,6+,7+;4-,5+,6-,7-/m1010/s1. The average molecular weight is 737 g/mol. The summed E-state index contributed by atoms with van der Waals surface area (Å²) in [6, 6.07) is -3.10. The summed E-state index contributed by atoms with van der Waals surface area (Å²) in [5.41, 5.74) is 20.8. The first kappa shape index (κ1) is 45.0. The molecule has 0 aromatic heterocycles. The second-order valence-electron chi connectivity index (χ2n) is 13.3. The Labute approximate surface area is 286 Å². The highest BCUT2D eigenvalue weighted by molar-refractivity contribution is 5.21. The predicted molar refractivity (Wildman–Crippen MR) is 166 cm³/mol. The van der Waals surface area contributed by atoms with Crippen molar-refractivity contribution in [3.05, 3.63) is 11.6 Å². The third-order valence-electron chi connectivity index (χ3n) is 9.98. The molecule has 5 rings (SSSR count). The molecule has 50 heavy (non-hydrogen) atoms. The zero-order valence-electron chi connectivity index (χ0n) is 27.0. The smallest absolute Gasteiger partial charge is 0.148 e. The van der Waals surface area contributed by atoms with Gasteiger partial charge in [0, 0.05) is 24.5 Å². The van der Waals surface area contributed by atoms with Crippen LogP contribution in [0.4, 0.5) is 0 Å². The molecule has 22 heteroatoms. The second kappa shape index (κ2) is 18.8. The molecule has 0 amide bonds. The van der Waals surface area contributed by atoms with Crippen molar-refractivity contribution >= 4 is 0 Å². The van der Waals surface area contributed by atoms with Crippen LogP contribution in [0.3, 0.4) is 0 Å². The Balaban J connectivity index is 0.000000231. The van der Waals surface area contributed by atoms with Gasteiger partial charge in [0.25, 0.3) is 0 Å². The van der Waals surface area contributed by atoms with Crippen LogP contribution >= 0.6 is 0 Å². The predicted octanol–water partition coefficient (Wildman–Crippen LogP) is -12.3. The maximum absolute atomic E-state index is 9.48. The van der Waals surface area contributed by atoms with Crippen molar-refractivity contribution in [3.8, 4) is 0 Å². The van der Waals surface area contributed by atoms with Gasteiger partial charge in [-0.05, 0) is 12.0 Å². The van der Waals surface area contributed by atoms with Gasteiger partial charge in [-0.2, -0.15) is 0 Å². The highest BCUT2D eigenvalue weighted by Crippen LogP contribution is 2.47. The van der Waals surface area contributed by atoms with Gasteiger partial charge in [0.15, 0.2) is 0 Å². The van der Waals surface area contributed by atoms with Crippen molar-refractivity contribution in [2.45, 2.75) is 122 Å². The number of hydrogen-bond acceptors (Lipinski definition) is 22. The Morgan fingerprint density at radius 2 is 1.12 bits per heavy atom. The SMILES string of the molecule is N[C@@H]1[C@H](O)[C@@H](O)[C@H](O)[C@]2(CO)O[C@H]12.N[C@H]1C=C(CO)[C@@H](O)[C@H](O)[C@H]1O.N[C@H]1C[C@H](CO)[C@@H](O)[C@H](O)[C@H]1O.N[C@H]1[C@@H](O)[C@H](CO)[C@@H](O)[C@H](O)[C@H]1O. The Kier molecular flexibility index (Phi) is 16.9. The van der Waals surface area contributed by atoms with Gasteiger partial charge in [-0.15, -0.1) is 0 Å². The highest BCUT2D eigenvalue weighted by Gasteiger charge is 2.70. The lowest BCUT2D eigenvalue weighted by molar-refractivity contribution is -0.167. The lowest BCUT2D eigenvalue weighted by atomic mass is 9.78. The van der Waals surface area contributed by atoms with Gasteiger partial charge in [0.1, 0.15) is 66.6 Å². The van der Waals surface area contributed by atoms with Crippen LogP contribution in [0.5, 0.6) is 0 Å². The summed E-state index contributed by atoms with van der Waals surface area (Å²) in [6.45, 7) is -1.48. The van der Waals surface area contributed by atoms with Crippen molar-refractivity contribution in [1.29, 1.82) is 0 Å². The summed E-state index contributed by atoms with van der Waals surface area (Å²) in [7, 11) is 0. The zero-order valence-corrected chi connectivity index (χ0v) is 27.0. The van der Waals surface area contributed by atoms with Crippen LogP contribution in [0.25, 0.3) is 0 Å². The minimum Gasteiger partial charge on any atom is -0.396 e. The van der Waals surface area contributed by atoms with E-state index in [1.165, 1.54) is 6.08 Å². The summed E-state index contributed by atoms with van der Waals surface area (Å²) in [5, 5.41) is 156. The molecule has 21 atom stereocenters. The van der Waals surface area contributed by atoms with Crippen LogP contribution in [0.1, 0.15) is 6.42 Å². The molecule has 0 aromatic rings. The van der Waals surface area contributed by atoms with E-state index in [-0.39, 0.29) is 18.8 Å². The third-order valence-corrected chi connectivity index (χ3v) is 9.98. The molecule has 0 spiro atoms. The quantitative estimate of drug-likeness (QED) is 0.0940.